The van der Waals surface area contributed by atoms with Gasteiger partial charge in [-0.3, -0.25) is 4.79 Å². The largest absolute Gasteiger partial charge is 0.495 e. The number of likely N-dealkylation sites (N-methyl/N-ethyl adjacent to an activating group) is 1. The first kappa shape index (κ1) is 34.6. The summed E-state index contributed by atoms with van der Waals surface area (Å²) >= 11 is 12.4. The van der Waals surface area contributed by atoms with E-state index in [-0.39, 0.29) is 56.8 Å². The van der Waals surface area contributed by atoms with E-state index in [2.05, 4.69) is 16.0 Å². The first-order valence-electron chi connectivity index (χ1n) is 14.4. The molecule has 1 fully saturated rings. The predicted octanol–water partition coefficient (Wildman–Crippen LogP) is 6.04. The van der Waals surface area contributed by atoms with Crippen LogP contribution in [-0.4, -0.2) is 56.4 Å². The average molecular weight is 665 g/mol. The van der Waals surface area contributed by atoms with Crippen LogP contribution in [0.4, 0.5) is 14.5 Å². The van der Waals surface area contributed by atoms with Crippen molar-refractivity contribution in [3.05, 3.63) is 93.0 Å². The van der Waals surface area contributed by atoms with Crippen molar-refractivity contribution >= 4 is 40.8 Å². The number of nitrogens with one attached hydrogen (secondary N) is 3. The fourth-order valence-corrected chi connectivity index (χ4v) is 6.51. The summed E-state index contributed by atoms with van der Waals surface area (Å²) in [6, 6.07) is 11.5. The quantitative estimate of drug-likeness (QED) is 0.196. The maximum absolute atomic E-state index is 16.0. The SMILES string of the molecule is CNC1(c2ccc(Cl)cc2F)C(CC(C)(C)C)NC(C(=O)Nc2ccc(C(=O)OCCO)cc2OC)C1c1cccc(Cl)c1F. The molecule has 8 nitrogen and oxygen atoms in total. The van der Waals surface area contributed by atoms with Gasteiger partial charge in [0.2, 0.25) is 5.91 Å². The summed E-state index contributed by atoms with van der Waals surface area (Å²) in [7, 11) is 3.03. The first-order chi connectivity index (χ1) is 21.3. The molecule has 1 aliphatic rings. The standard InChI is InChI=1S/C33H37Cl2F2N3O5/c1-32(2,3)17-26-33(38-4,21-11-10-19(34)16-23(21)36)27(20-7-6-8-22(35)28(20)37)29(40-26)30(42)39-24-12-9-18(15-25(24)44-5)31(43)45-14-13-41/h6-12,15-16,26-27,29,38,40-41H,13-14,17H2,1-5H3,(H,39,42). The average Bonchev–Trinajstić information content (AvgIpc) is 3.30. The topological polar surface area (TPSA) is 109 Å². The Morgan fingerprint density at radius 2 is 1.82 bits per heavy atom. The Kier molecular flexibility index (Phi) is 10.8. The number of carbonyl (C=O) groups excluding carboxylic acids is 2. The fraction of sp³-hybridized carbons (Fsp3) is 0.394. The Bertz CT molecular complexity index is 1570. The van der Waals surface area contributed by atoms with Gasteiger partial charge in [-0.2, -0.15) is 0 Å². The molecule has 0 radical (unpaired) electrons. The number of carbonyl (C=O) groups is 2. The third-order valence-electron chi connectivity index (χ3n) is 7.98. The van der Waals surface area contributed by atoms with Gasteiger partial charge in [0.25, 0.3) is 0 Å². The number of esters is 1. The molecule has 12 heteroatoms. The molecule has 45 heavy (non-hydrogen) atoms. The highest BCUT2D eigenvalue weighted by molar-refractivity contribution is 6.31. The lowest BCUT2D eigenvalue weighted by Gasteiger charge is -2.43. The predicted molar refractivity (Wildman–Crippen MR) is 170 cm³/mol. The van der Waals surface area contributed by atoms with Gasteiger partial charge >= 0.3 is 5.97 Å². The first-order valence-corrected chi connectivity index (χ1v) is 15.1. The van der Waals surface area contributed by atoms with Gasteiger partial charge in [0.1, 0.15) is 24.0 Å². The second-order valence-electron chi connectivity index (χ2n) is 12.1. The monoisotopic (exact) mass is 663 g/mol. The molecule has 0 saturated carbocycles. The van der Waals surface area contributed by atoms with E-state index >= 15 is 8.78 Å². The summed E-state index contributed by atoms with van der Waals surface area (Å²) < 4.78 is 42.3. The molecule has 4 N–H and O–H groups in total. The van der Waals surface area contributed by atoms with E-state index in [0.29, 0.717) is 6.42 Å². The van der Waals surface area contributed by atoms with Crippen LogP contribution in [0, 0.1) is 17.0 Å². The molecular weight excluding hydrogens is 627 g/mol. The lowest BCUT2D eigenvalue weighted by molar-refractivity contribution is -0.118. The summed E-state index contributed by atoms with van der Waals surface area (Å²) in [5.74, 6) is -3.42. The van der Waals surface area contributed by atoms with Gasteiger partial charge < -0.3 is 30.5 Å². The molecular formula is C33H37Cl2F2N3O5. The van der Waals surface area contributed by atoms with Crippen LogP contribution >= 0.6 is 23.2 Å². The molecule has 1 saturated heterocycles. The van der Waals surface area contributed by atoms with E-state index in [1.165, 1.54) is 37.4 Å². The minimum absolute atomic E-state index is 0.115. The van der Waals surface area contributed by atoms with Gasteiger partial charge in [-0.15, -0.1) is 0 Å². The molecule has 0 aromatic heterocycles. The van der Waals surface area contributed by atoms with Gasteiger partial charge in [-0.05, 0) is 60.8 Å². The second-order valence-corrected chi connectivity index (χ2v) is 12.9. The fourth-order valence-electron chi connectivity index (χ4n) is 6.17. The number of amides is 1. The van der Waals surface area contributed by atoms with E-state index in [0.717, 1.165) is 0 Å². The van der Waals surface area contributed by atoms with Crippen molar-refractivity contribution in [2.24, 2.45) is 5.41 Å². The van der Waals surface area contributed by atoms with Crippen LogP contribution < -0.4 is 20.7 Å². The second kappa shape index (κ2) is 14.0. The molecule has 1 amide bonds. The number of halogens is 4. The Hall–Kier alpha value is -3.28. The van der Waals surface area contributed by atoms with Gasteiger partial charge in [0.15, 0.2) is 0 Å². The molecule has 3 aromatic rings. The minimum Gasteiger partial charge on any atom is -0.495 e. The van der Waals surface area contributed by atoms with Crippen molar-refractivity contribution in [1.29, 1.82) is 0 Å². The maximum atomic E-state index is 16.0. The summed E-state index contributed by atoms with van der Waals surface area (Å²) in [4.78, 5) is 26.6. The number of hydrogen-bond donors (Lipinski definition) is 4. The van der Waals surface area contributed by atoms with Crippen LogP contribution in [0.3, 0.4) is 0 Å². The van der Waals surface area contributed by atoms with Crippen LogP contribution in [0.15, 0.2) is 54.6 Å². The van der Waals surface area contributed by atoms with Crippen LogP contribution in [0.5, 0.6) is 5.75 Å². The zero-order chi connectivity index (χ0) is 33.1. The Morgan fingerprint density at radius 1 is 1.09 bits per heavy atom. The number of rotatable bonds is 10. The molecule has 4 atom stereocenters. The van der Waals surface area contributed by atoms with Crippen molar-refractivity contribution in [3.8, 4) is 5.75 Å². The number of benzene rings is 3. The summed E-state index contributed by atoms with van der Waals surface area (Å²) in [5, 5.41) is 18.6. The molecule has 242 valence electrons. The van der Waals surface area contributed by atoms with Crippen LogP contribution in [-0.2, 0) is 15.1 Å². The zero-order valence-electron chi connectivity index (χ0n) is 25.6. The maximum Gasteiger partial charge on any atom is 0.338 e. The van der Waals surface area contributed by atoms with Crippen molar-refractivity contribution in [1.82, 2.24) is 10.6 Å². The molecule has 4 unspecified atom stereocenters. The van der Waals surface area contributed by atoms with E-state index in [1.807, 2.05) is 20.8 Å². The molecule has 1 aliphatic heterocycles. The van der Waals surface area contributed by atoms with Gasteiger partial charge in [-0.1, -0.05) is 62.2 Å². The Morgan fingerprint density at radius 3 is 2.44 bits per heavy atom. The number of hydrogen-bond acceptors (Lipinski definition) is 7. The third-order valence-corrected chi connectivity index (χ3v) is 8.51. The van der Waals surface area contributed by atoms with Crippen LogP contribution in [0.25, 0.3) is 0 Å². The highest BCUT2D eigenvalue weighted by Crippen LogP contribution is 2.51. The molecule has 4 rings (SSSR count). The summed E-state index contributed by atoms with van der Waals surface area (Å²) in [6.45, 7) is 5.56. The highest BCUT2D eigenvalue weighted by atomic mass is 35.5. The van der Waals surface area contributed by atoms with Crippen molar-refractivity contribution in [3.63, 3.8) is 0 Å². The van der Waals surface area contributed by atoms with E-state index in [9.17, 15) is 9.59 Å². The number of aliphatic hydroxyl groups is 1. The van der Waals surface area contributed by atoms with E-state index < -0.39 is 47.1 Å². The molecule has 1 heterocycles. The molecule has 3 aromatic carbocycles. The van der Waals surface area contributed by atoms with Crippen molar-refractivity contribution in [2.75, 3.05) is 32.7 Å². The lowest BCUT2D eigenvalue weighted by atomic mass is 9.67. The zero-order valence-corrected chi connectivity index (χ0v) is 27.2. The molecule has 0 spiro atoms. The lowest BCUT2D eigenvalue weighted by Crippen LogP contribution is -2.54. The summed E-state index contributed by atoms with van der Waals surface area (Å²) in [6.07, 6.45) is 0.465. The Balaban J connectivity index is 1.87. The summed E-state index contributed by atoms with van der Waals surface area (Å²) in [5.41, 5.74) is -0.938. The van der Waals surface area contributed by atoms with Crippen LogP contribution in [0.2, 0.25) is 10.0 Å². The number of ether oxygens (including phenoxy) is 2. The smallest absolute Gasteiger partial charge is 0.338 e. The van der Waals surface area contributed by atoms with Crippen LogP contribution in [0.1, 0.15) is 54.6 Å². The molecule has 0 aliphatic carbocycles. The van der Waals surface area contributed by atoms with Crippen molar-refractivity contribution < 1.29 is 33.0 Å². The van der Waals surface area contributed by atoms with Gasteiger partial charge in [-0.25, -0.2) is 13.6 Å². The van der Waals surface area contributed by atoms with Gasteiger partial charge in [0, 0.05) is 22.5 Å². The van der Waals surface area contributed by atoms with Gasteiger partial charge in [0.05, 0.1) is 41.6 Å². The Labute approximate surface area is 271 Å². The van der Waals surface area contributed by atoms with Crippen molar-refractivity contribution in [2.45, 2.75) is 50.7 Å². The number of aliphatic hydroxyl groups excluding tert-OH is 1. The third kappa shape index (κ3) is 7.10. The molecule has 0 bridgehead atoms. The highest BCUT2D eigenvalue weighted by Gasteiger charge is 2.59. The minimum atomic E-state index is -1.35. The number of methoxy groups -OCH3 is 1. The van der Waals surface area contributed by atoms with E-state index in [1.54, 1.807) is 31.3 Å². The normalized spacial score (nSPS) is 21.4. The van der Waals surface area contributed by atoms with E-state index in [4.69, 9.17) is 37.8 Å². The number of anilines is 1.